The molecular weight excluding hydrogens is 454 g/mol. The number of H-pyrrole nitrogens is 1. The highest BCUT2D eigenvalue weighted by molar-refractivity contribution is 7.19. The summed E-state index contributed by atoms with van der Waals surface area (Å²) in [7, 11) is 0. The predicted octanol–water partition coefficient (Wildman–Crippen LogP) is 2.61. The Morgan fingerprint density at radius 1 is 1.09 bits per heavy atom. The molecule has 1 aromatic carbocycles. The SMILES string of the molecule is O=C(NCc1cc2nc(-c3cccc4[nH]ncc34)nc(N3CCOCC3)c2s1)N1CCOCC1. The number of carbonyl (C=O) groups excluding carboxylic acids is 1. The Hall–Kier alpha value is -3.28. The van der Waals surface area contributed by atoms with Crippen molar-refractivity contribution in [2.24, 2.45) is 0 Å². The van der Waals surface area contributed by atoms with Crippen molar-refractivity contribution in [3.63, 3.8) is 0 Å². The van der Waals surface area contributed by atoms with Gasteiger partial charge in [-0.15, -0.1) is 11.3 Å². The van der Waals surface area contributed by atoms with Gasteiger partial charge in [-0.3, -0.25) is 5.10 Å². The number of morpholine rings is 2. The molecule has 11 heteroatoms. The zero-order valence-corrected chi connectivity index (χ0v) is 19.4. The van der Waals surface area contributed by atoms with Crippen LogP contribution in [0, 0.1) is 0 Å². The van der Waals surface area contributed by atoms with Crippen molar-refractivity contribution in [1.29, 1.82) is 0 Å². The van der Waals surface area contributed by atoms with Gasteiger partial charge in [0.15, 0.2) is 11.6 Å². The molecule has 0 unspecified atom stereocenters. The number of nitrogens with zero attached hydrogens (tertiary/aromatic N) is 5. The highest BCUT2D eigenvalue weighted by atomic mass is 32.1. The molecule has 0 spiro atoms. The van der Waals surface area contributed by atoms with E-state index in [1.165, 1.54) is 0 Å². The maximum absolute atomic E-state index is 12.5. The number of fused-ring (bicyclic) bond motifs is 2. The summed E-state index contributed by atoms with van der Waals surface area (Å²) in [4.78, 5) is 27.6. The molecule has 3 aromatic heterocycles. The first-order valence-electron chi connectivity index (χ1n) is 11.4. The van der Waals surface area contributed by atoms with E-state index in [0.29, 0.717) is 51.9 Å². The molecule has 2 saturated heterocycles. The van der Waals surface area contributed by atoms with Crippen LogP contribution in [0.1, 0.15) is 4.88 Å². The molecule has 0 aliphatic carbocycles. The van der Waals surface area contributed by atoms with Gasteiger partial charge in [0.1, 0.15) is 0 Å². The van der Waals surface area contributed by atoms with Gasteiger partial charge in [-0.05, 0) is 12.1 Å². The van der Waals surface area contributed by atoms with Crippen LogP contribution in [0.3, 0.4) is 0 Å². The van der Waals surface area contributed by atoms with E-state index in [-0.39, 0.29) is 6.03 Å². The Morgan fingerprint density at radius 3 is 2.71 bits per heavy atom. The number of carbonyl (C=O) groups is 1. The van der Waals surface area contributed by atoms with E-state index in [1.54, 1.807) is 16.2 Å². The molecule has 2 aliphatic rings. The maximum Gasteiger partial charge on any atom is 0.317 e. The molecule has 6 rings (SSSR count). The molecule has 2 amide bonds. The van der Waals surface area contributed by atoms with E-state index < -0.39 is 0 Å². The molecule has 0 bridgehead atoms. The van der Waals surface area contributed by atoms with Gasteiger partial charge in [0.2, 0.25) is 0 Å². The number of urea groups is 1. The van der Waals surface area contributed by atoms with Gasteiger partial charge in [-0.1, -0.05) is 12.1 Å². The van der Waals surface area contributed by atoms with Crippen molar-refractivity contribution < 1.29 is 14.3 Å². The summed E-state index contributed by atoms with van der Waals surface area (Å²) in [5.74, 6) is 1.59. The zero-order valence-electron chi connectivity index (χ0n) is 18.6. The van der Waals surface area contributed by atoms with Crippen molar-refractivity contribution in [1.82, 2.24) is 30.4 Å². The van der Waals surface area contributed by atoms with Crippen LogP contribution in [0.25, 0.3) is 32.5 Å². The van der Waals surface area contributed by atoms with Crippen molar-refractivity contribution in [3.05, 3.63) is 35.3 Å². The van der Waals surface area contributed by atoms with E-state index >= 15 is 0 Å². The van der Waals surface area contributed by atoms with E-state index in [4.69, 9.17) is 19.4 Å². The third kappa shape index (κ3) is 4.06. The van der Waals surface area contributed by atoms with Gasteiger partial charge in [-0.2, -0.15) is 5.10 Å². The zero-order chi connectivity index (χ0) is 22.9. The summed E-state index contributed by atoms with van der Waals surface area (Å²) < 4.78 is 11.9. The highest BCUT2D eigenvalue weighted by Crippen LogP contribution is 2.35. The maximum atomic E-state index is 12.5. The quantitative estimate of drug-likeness (QED) is 0.463. The van der Waals surface area contributed by atoms with Crippen LogP contribution < -0.4 is 10.2 Å². The van der Waals surface area contributed by atoms with Crippen LogP contribution in [-0.2, 0) is 16.0 Å². The summed E-state index contributed by atoms with van der Waals surface area (Å²) in [6.07, 6.45) is 1.81. The molecular formula is C23H25N7O3S. The van der Waals surface area contributed by atoms with E-state index in [9.17, 15) is 4.79 Å². The van der Waals surface area contributed by atoms with E-state index in [0.717, 1.165) is 50.5 Å². The number of thiophene rings is 1. The third-order valence-electron chi connectivity index (χ3n) is 6.15. The lowest BCUT2D eigenvalue weighted by molar-refractivity contribution is 0.0531. The number of ether oxygens (including phenoxy) is 2. The first kappa shape index (κ1) is 21.3. The van der Waals surface area contributed by atoms with E-state index in [2.05, 4.69) is 26.5 Å². The average Bonchev–Trinajstić information content (AvgIpc) is 3.54. The molecule has 10 nitrogen and oxygen atoms in total. The van der Waals surface area contributed by atoms with Crippen molar-refractivity contribution in [2.75, 3.05) is 57.5 Å². The Kier molecular flexibility index (Phi) is 5.73. The second-order valence-corrected chi connectivity index (χ2v) is 9.43. The number of amides is 2. The van der Waals surface area contributed by atoms with Crippen LogP contribution in [0.4, 0.5) is 10.6 Å². The second-order valence-electron chi connectivity index (χ2n) is 8.29. The van der Waals surface area contributed by atoms with Crippen molar-refractivity contribution in [2.45, 2.75) is 6.54 Å². The summed E-state index contributed by atoms with van der Waals surface area (Å²) in [5.41, 5.74) is 2.77. The summed E-state index contributed by atoms with van der Waals surface area (Å²) >= 11 is 1.63. The summed E-state index contributed by atoms with van der Waals surface area (Å²) in [6.45, 7) is 5.76. The monoisotopic (exact) mass is 479 g/mol. The minimum absolute atomic E-state index is 0.0624. The topological polar surface area (TPSA) is 108 Å². The van der Waals surface area contributed by atoms with E-state index in [1.807, 2.05) is 24.4 Å². The fourth-order valence-corrected chi connectivity index (χ4v) is 5.42. The van der Waals surface area contributed by atoms with Crippen LogP contribution in [0.15, 0.2) is 30.5 Å². The number of aromatic amines is 1. The molecule has 0 atom stereocenters. The molecule has 176 valence electrons. The standard InChI is InChI=1S/C23H25N7O3S/c31-23(30-6-10-33-11-7-30)24-13-15-12-19-20(34-15)22(29-4-8-32-9-5-29)27-21(26-19)16-2-1-3-18-17(16)14-25-28-18/h1-3,12,14H,4-11,13H2,(H,24,31)(H,25,28). The fraction of sp³-hybridized carbons (Fsp3) is 0.391. The Bertz CT molecular complexity index is 1320. The van der Waals surface area contributed by atoms with Crippen molar-refractivity contribution >= 4 is 44.3 Å². The van der Waals surface area contributed by atoms with Crippen LogP contribution in [-0.4, -0.2) is 83.7 Å². The number of hydrogen-bond acceptors (Lipinski definition) is 8. The molecule has 0 saturated carbocycles. The number of nitrogens with one attached hydrogen (secondary N) is 2. The molecule has 4 aromatic rings. The smallest absolute Gasteiger partial charge is 0.317 e. The minimum Gasteiger partial charge on any atom is -0.378 e. The lowest BCUT2D eigenvalue weighted by Crippen LogP contribution is -2.45. The number of hydrogen-bond donors (Lipinski definition) is 2. The Morgan fingerprint density at radius 2 is 1.88 bits per heavy atom. The Balaban J connectivity index is 1.35. The molecule has 2 fully saturated rings. The largest absolute Gasteiger partial charge is 0.378 e. The van der Waals surface area contributed by atoms with Gasteiger partial charge in [-0.25, -0.2) is 14.8 Å². The third-order valence-corrected chi connectivity index (χ3v) is 7.27. The molecule has 2 aliphatic heterocycles. The Labute approximate surface area is 199 Å². The molecule has 34 heavy (non-hydrogen) atoms. The molecule has 0 radical (unpaired) electrons. The van der Waals surface area contributed by atoms with Gasteiger partial charge in [0.05, 0.1) is 54.9 Å². The number of anilines is 1. The average molecular weight is 480 g/mol. The molecule has 2 N–H and O–H groups in total. The number of aromatic nitrogens is 4. The predicted molar refractivity (Wildman–Crippen MR) is 130 cm³/mol. The number of benzene rings is 1. The van der Waals surface area contributed by atoms with Gasteiger partial charge in [0, 0.05) is 42.0 Å². The lowest BCUT2D eigenvalue weighted by atomic mass is 10.1. The second kappa shape index (κ2) is 9.16. The van der Waals surface area contributed by atoms with Gasteiger partial charge < -0.3 is 24.6 Å². The molecule has 5 heterocycles. The van der Waals surface area contributed by atoms with Gasteiger partial charge >= 0.3 is 6.03 Å². The van der Waals surface area contributed by atoms with Crippen LogP contribution in [0.5, 0.6) is 0 Å². The summed E-state index contributed by atoms with van der Waals surface area (Å²) in [5, 5.41) is 11.2. The lowest BCUT2D eigenvalue weighted by Gasteiger charge is -2.28. The fourth-order valence-electron chi connectivity index (χ4n) is 4.37. The van der Waals surface area contributed by atoms with Crippen molar-refractivity contribution in [3.8, 4) is 11.4 Å². The highest BCUT2D eigenvalue weighted by Gasteiger charge is 2.22. The van der Waals surface area contributed by atoms with Crippen LogP contribution in [0.2, 0.25) is 0 Å². The minimum atomic E-state index is -0.0624. The van der Waals surface area contributed by atoms with Gasteiger partial charge in [0.25, 0.3) is 0 Å². The summed E-state index contributed by atoms with van der Waals surface area (Å²) in [6, 6.07) is 8.00. The normalized spacial score (nSPS) is 16.9. The first-order chi connectivity index (χ1) is 16.8. The first-order valence-corrected chi connectivity index (χ1v) is 12.2. The van der Waals surface area contributed by atoms with Crippen LogP contribution >= 0.6 is 11.3 Å². The number of rotatable bonds is 4.